The van der Waals surface area contributed by atoms with Crippen molar-refractivity contribution in [2.75, 3.05) is 18.6 Å². The minimum atomic E-state index is -2.90. The van der Waals surface area contributed by atoms with E-state index in [9.17, 15) is 8.42 Å². The minimum absolute atomic E-state index is 0.144. The predicted octanol–water partition coefficient (Wildman–Crippen LogP) is -0.571. The predicted molar refractivity (Wildman–Crippen MR) is 54.7 cm³/mol. The molecule has 0 amide bonds. The average Bonchev–Trinajstić information content (AvgIpc) is 2.49. The number of hydrogen-bond donors (Lipinski definition) is 1. The Balaban J connectivity index is 2.52. The van der Waals surface area contributed by atoms with E-state index in [4.69, 9.17) is 5.73 Å². The van der Waals surface area contributed by atoms with E-state index in [2.05, 4.69) is 4.98 Å². The maximum Gasteiger partial charge on any atom is 0.149 e. The van der Waals surface area contributed by atoms with Crippen LogP contribution >= 0.6 is 0 Å². The Labute approximate surface area is 83.9 Å². The van der Waals surface area contributed by atoms with E-state index in [0.717, 1.165) is 12.1 Å². The van der Waals surface area contributed by atoms with Gasteiger partial charge in [0.2, 0.25) is 0 Å². The lowest BCUT2D eigenvalue weighted by Gasteiger charge is -1.99. The van der Waals surface area contributed by atoms with Crippen LogP contribution in [0.1, 0.15) is 5.69 Å². The highest BCUT2D eigenvalue weighted by atomic mass is 32.2. The number of nitrogens with two attached hydrogens (primary N) is 1. The number of rotatable bonds is 5. The zero-order valence-corrected chi connectivity index (χ0v) is 9.00. The highest BCUT2D eigenvalue weighted by Crippen LogP contribution is 1.97. The Morgan fingerprint density at radius 3 is 2.86 bits per heavy atom. The lowest BCUT2D eigenvalue weighted by Crippen LogP contribution is -2.09. The molecule has 1 aromatic heterocycles. The fourth-order valence-electron chi connectivity index (χ4n) is 1.08. The molecular formula is C8H15N3O2S. The molecule has 2 N–H and O–H groups in total. The van der Waals surface area contributed by atoms with E-state index in [0.29, 0.717) is 13.1 Å². The van der Waals surface area contributed by atoms with E-state index in [-0.39, 0.29) is 5.75 Å². The number of aryl methyl sites for hydroxylation is 1. The van der Waals surface area contributed by atoms with E-state index in [1.165, 1.54) is 6.26 Å². The van der Waals surface area contributed by atoms with Crippen LogP contribution in [0.2, 0.25) is 0 Å². The van der Waals surface area contributed by atoms with Gasteiger partial charge in [0.1, 0.15) is 9.84 Å². The molecule has 1 heterocycles. The first-order valence-corrected chi connectivity index (χ1v) is 6.46. The maximum atomic E-state index is 10.9. The van der Waals surface area contributed by atoms with Crippen molar-refractivity contribution in [3.05, 3.63) is 18.2 Å². The molecule has 0 atom stereocenters. The fraction of sp³-hybridized carbons (Fsp3) is 0.625. The summed E-state index contributed by atoms with van der Waals surface area (Å²) in [5.41, 5.74) is 6.27. The molecule has 0 aromatic carbocycles. The molecule has 0 bridgehead atoms. The number of imidazole rings is 1. The Bertz CT molecular complexity index is 383. The molecule has 0 unspecified atom stereocenters. The third-order valence-electron chi connectivity index (χ3n) is 1.81. The Morgan fingerprint density at radius 2 is 2.29 bits per heavy atom. The average molecular weight is 217 g/mol. The van der Waals surface area contributed by atoms with Crippen LogP contribution in [0.5, 0.6) is 0 Å². The zero-order chi connectivity index (χ0) is 10.6. The van der Waals surface area contributed by atoms with Crippen LogP contribution < -0.4 is 5.73 Å². The quantitative estimate of drug-likeness (QED) is 0.716. The van der Waals surface area contributed by atoms with E-state index in [1.807, 2.05) is 6.20 Å². The van der Waals surface area contributed by atoms with Gasteiger partial charge < -0.3 is 10.3 Å². The summed E-state index contributed by atoms with van der Waals surface area (Å²) in [7, 11) is -2.90. The molecular weight excluding hydrogens is 202 g/mol. The molecule has 80 valence electrons. The van der Waals surface area contributed by atoms with Gasteiger partial charge in [0.25, 0.3) is 0 Å². The molecule has 0 radical (unpaired) electrons. The van der Waals surface area contributed by atoms with Crippen molar-refractivity contribution in [3.8, 4) is 0 Å². The topological polar surface area (TPSA) is 78.0 Å². The van der Waals surface area contributed by atoms with Crippen LogP contribution in [0.15, 0.2) is 12.5 Å². The number of aromatic nitrogens is 2. The molecule has 0 aliphatic rings. The summed E-state index contributed by atoms with van der Waals surface area (Å²) in [4.78, 5) is 4.09. The van der Waals surface area contributed by atoms with Gasteiger partial charge in [0.05, 0.1) is 17.8 Å². The summed E-state index contributed by atoms with van der Waals surface area (Å²) >= 11 is 0. The smallest absolute Gasteiger partial charge is 0.149 e. The van der Waals surface area contributed by atoms with E-state index in [1.54, 1.807) is 10.9 Å². The molecule has 5 nitrogen and oxygen atoms in total. The van der Waals surface area contributed by atoms with Crippen LogP contribution in [0, 0.1) is 0 Å². The van der Waals surface area contributed by atoms with Crippen molar-refractivity contribution >= 4 is 9.84 Å². The van der Waals surface area contributed by atoms with Gasteiger partial charge in [0.15, 0.2) is 0 Å². The van der Waals surface area contributed by atoms with Crippen molar-refractivity contribution < 1.29 is 8.42 Å². The van der Waals surface area contributed by atoms with Gasteiger partial charge >= 0.3 is 0 Å². The highest BCUT2D eigenvalue weighted by molar-refractivity contribution is 7.90. The second-order valence-corrected chi connectivity index (χ2v) is 5.53. The van der Waals surface area contributed by atoms with Crippen LogP contribution in [0.25, 0.3) is 0 Å². The number of sulfone groups is 1. The summed E-state index contributed by atoms with van der Waals surface area (Å²) < 4.78 is 23.5. The van der Waals surface area contributed by atoms with Gasteiger partial charge in [0, 0.05) is 25.4 Å². The van der Waals surface area contributed by atoms with E-state index < -0.39 is 9.84 Å². The first kappa shape index (κ1) is 11.2. The second-order valence-electron chi connectivity index (χ2n) is 3.27. The first-order valence-electron chi connectivity index (χ1n) is 4.40. The van der Waals surface area contributed by atoms with Crippen molar-refractivity contribution in [3.63, 3.8) is 0 Å². The molecule has 0 saturated carbocycles. The summed E-state index contributed by atoms with van der Waals surface area (Å²) in [5, 5.41) is 0. The van der Waals surface area contributed by atoms with Crippen molar-refractivity contribution in [1.82, 2.24) is 9.55 Å². The second kappa shape index (κ2) is 4.56. The molecule has 1 aromatic rings. The third-order valence-corrected chi connectivity index (χ3v) is 2.73. The molecule has 1 rings (SSSR count). The van der Waals surface area contributed by atoms with Gasteiger partial charge in [-0.05, 0) is 6.54 Å². The Kier molecular flexibility index (Phi) is 3.65. The fourth-order valence-corrected chi connectivity index (χ4v) is 1.62. The molecule has 6 heteroatoms. The molecule has 0 saturated heterocycles. The van der Waals surface area contributed by atoms with E-state index >= 15 is 0 Å². The number of nitrogens with zero attached hydrogens (tertiary/aromatic N) is 2. The van der Waals surface area contributed by atoms with Gasteiger partial charge in [-0.15, -0.1) is 0 Å². The summed E-state index contributed by atoms with van der Waals surface area (Å²) in [6.07, 6.45) is 5.42. The Morgan fingerprint density at radius 1 is 1.57 bits per heavy atom. The molecule has 0 aliphatic carbocycles. The first-order chi connectivity index (χ1) is 6.51. The standard InChI is InChI=1S/C8H15N3O2S/c1-14(12,13)5-4-11-6-8(2-3-9)10-7-11/h6-7H,2-5,9H2,1H3. The van der Waals surface area contributed by atoms with Gasteiger partial charge in [-0.25, -0.2) is 13.4 Å². The van der Waals surface area contributed by atoms with Crippen LogP contribution in [0.3, 0.4) is 0 Å². The summed E-state index contributed by atoms with van der Waals surface area (Å²) in [6, 6.07) is 0. The van der Waals surface area contributed by atoms with Crippen molar-refractivity contribution in [2.45, 2.75) is 13.0 Å². The summed E-state index contributed by atoms with van der Waals surface area (Å²) in [6.45, 7) is 1.01. The monoisotopic (exact) mass is 217 g/mol. The van der Waals surface area contributed by atoms with Crippen molar-refractivity contribution in [1.29, 1.82) is 0 Å². The summed E-state index contributed by atoms with van der Waals surface area (Å²) in [5.74, 6) is 0.144. The zero-order valence-electron chi connectivity index (χ0n) is 8.18. The van der Waals surface area contributed by atoms with Crippen LogP contribution in [0.4, 0.5) is 0 Å². The normalized spacial score (nSPS) is 11.9. The lowest BCUT2D eigenvalue weighted by atomic mass is 10.3. The van der Waals surface area contributed by atoms with Crippen LogP contribution in [-0.2, 0) is 22.8 Å². The van der Waals surface area contributed by atoms with Gasteiger partial charge in [-0.2, -0.15) is 0 Å². The lowest BCUT2D eigenvalue weighted by molar-refractivity contribution is 0.594. The third kappa shape index (κ3) is 3.89. The molecule has 0 fully saturated rings. The highest BCUT2D eigenvalue weighted by Gasteiger charge is 2.03. The maximum absolute atomic E-state index is 10.9. The number of hydrogen-bond acceptors (Lipinski definition) is 4. The minimum Gasteiger partial charge on any atom is -0.336 e. The largest absolute Gasteiger partial charge is 0.336 e. The van der Waals surface area contributed by atoms with Crippen molar-refractivity contribution in [2.24, 2.45) is 5.73 Å². The Hall–Kier alpha value is -0.880. The van der Waals surface area contributed by atoms with Crippen LogP contribution in [-0.4, -0.2) is 36.5 Å². The van der Waals surface area contributed by atoms with Gasteiger partial charge in [-0.1, -0.05) is 0 Å². The molecule has 0 aliphatic heterocycles. The molecule has 0 spiro atoms. The molecule has 14 heavy (non-hydrogen) atoms. The van der Waals surface area contributed by atoms with Gasteiger partial charge in [-0.3, -0.25) is 0 Å². The SMILES string of the molecule is CS(=O)(=O)CCn1cnc(CCN)c1.